The molecule has 2 aliphatic heterocycles. The second-order valence-electron chi connectivity index (χ2n) is 9.56. The van der Waals surface area contributed by atoms with Crippen LogP contribution in [0.3, 0.4) is 0 Å². The second kappa shape index (κ2) is 10.6. The van der Waals surface area contributed by atoms with Crippen LogP contribution in [0.5, 0.6) is 0 Å². The lowest BCUT2D eigenvalue weighted by Gasteiger charge is -2.38. The summed E-state index contributed by atoms with van der Waals surface area (Å²) < 4.78 is 0.931. The molecule has 4 aromatic carbocycles. The number of thioether (sulfide) groups is 1. The van der Waals surface area contributed by atoms with Gasteiger partial charge in [0.15, 0.2) is 0 Å². The number of nitrogens with zero attached hydrogens (tertiary/aromatic N) is 3. The molecule has 0 bridgehead atoms. The predicted octanol–water partition coefficient (Wildman–Crippen LogP) is 5.98. The third-order valence-corrected chi connectivity index (χ3v) is 8.83. The first-order valence-corrected chi connectivity index (χ1v) is 14.2. The Morgan fingerprint density at radius 1 is 0.711 bits per heavy atom. The Morgan fingerprint density at radius 2 is 1.34 bits per heavy atom. The average Bonchev–Trinajstić information content (AvgIpc) is 2.97. The lowest BCUT2D eigenvalue weighted by molar-refractivity contribution is 0.0598. The van der Waals surface area contributed by atoms with E-state index in [4.69, 9.17) is 12.2 Å². The minimum Gasteiger partial charge on any atom is -0.367 e. The Bertz CT molecular complexity index is 1490. The number of rotatable bonds is 5. The summed E-state index contributed by atoms with van der Waals surface area (Å²) >= 11 is 7.45. The van der Waals surface area contributed by atoms with Crippen LogP contribution >= 0.6 is 24.0 Å². The van der Waals surface area contributed by atoms with Gasteiger partial charge in [-0.05, 0) is 29.3 Å². The Labute approximate surface area is 232 Å². The van der Waals surface area contributed by atoms with E-state index < -0.39 is 0 Å². The molecule has 190 valence electrons. The number of imide groups is 1. The van der Waals surface area contributed by atoms with Gasteiger partial charge in [-0.25, -0.2) is 0 Å². The fourth-order valence-corrected chi connectivity index (χ4v) is 6.46. The number of hydrogen-bond donors (Lipinski definition) is 0. The van der Waals surface area contributed by atoms with Crippen molar-refractivity contribution < 1.29 is 9.59 Å². The summed E-state index contributed by atoms with van der Waals surface area (Å²) in [6.07, 6.45) is 0. The van der Waals surface area contributed by atoms with Crippen LogP contribution in [-0.2, 0) is 12.3 Å². The maximum Gasteiger partial charge on any atom is 0.261 e. The summed E-state index contributed by atoms with van der Waals surface area (Å²) in [5.41, 5.74) is 4.44. The molecule has 38 heavy (non-hydrogen) atoms. The van der Waals surface area contributed by atoms with E-state index in [2.05, 4.69) is 34.1 Å². The van der Waals surface area contributed by atoms with Crippen molar-refractivity contribution in [2.24, 2.45) is 0 Å². The normalized spacial score (nSPS) is 15.3. The summed E-state index contributed by atoms with van der Waals surface area (Å²) in [6.45, 7) is 3.60. The van der Waals surface area contributed by atoms with Gasteiger partial charge < -0.3 is 9.80 Å². The Hall–Kier alpha value is -3.68. The van der Waals surface area contributed by atoms with Gasteiger partial charge in [-0.3, -0.25) is 14.5 Å². The summed E-state index contributed by atoms with van der Waals surface area (Å²) in [7, 11) is 0. The maximum absolute atomic E-state index is 13.5. The lowest BCUT2D eigenvalue weighted by Crippen LogP contribution is -2.47. The van der Waals surface area contributed by atoms with E-state index in [-0.39, 0.29) is 18.4 Å². The molecule has 4 aromatic rings. The van der Waals surface area contributed by atoms with Gasteiger partial charge in [-0.2, -0.15) is 0 Å². The zero-order valence-corrected chi connectivity index (χ0v) is 22.5. The Balaban J connectivity index is 1.20. The largest absolute Gasteiger partial charge is 0.367 e. The molecule has 2 amide bonds. The molecule has 2 aliphatic rings. The monoisotopic (exact) mass is 537 g/mol. The Kier molecular flexibility index (Phi) is 6.87. The van der Waals surface area contributed by atoms with Gasteiger partial charge in [0.05, 0.1) is 6.54 Å². The highest BCUT2D eigenvalue weighted by atomic mass is 32.2. The van der Waals surface area contributed by atoms with E-state index in [1.54, 1.807) is 11.8 Å². The number of hydrogen-bond acceptors (Lipinski definition) is 5. The first-order chi connectivity index (χ1) is 18.6. The number of thiocarbonyl (C=S) groups is 1. The molecule has 0 aliphatic carbocycles. The quantitative estimate of drug-likeness (QED) is 0.231. The molecule has 6 rings (SSSR count). The highest BCUT2D eigenvalue weighted by Gasteiger charge is 2.34. The van der Waals surface area contributed by atoms with Gasteiger partial charge in [-0.1, -0.05) is 96.8 Å². The number of benzene rings is 4. The third-order valence-electron chi connectivity index (χ3n) is 7.24. The molecule has 0 N–H and O–H groups in total. The molecule has 5 nitrogen and oxygen atoms in total. The highest BCUT2D eigenvalue weighted by molar-refractivity contribution is 8.22. The lowest BCUT2D eigenvalue weighted by atomic mass is 9.92. The van der Waals surface area contributed by atoms with Crippen LogP contribution in [0, 0.1) is 0 Å². The number of carbonyl (C=O) groups excluding carboxylic acids is 2. The minimum atomic E-state index is -0.236. The zero-order chi connectivity index (χ0) is 26.1. The van der Waals surface area contributed by atoms with Crippen LogP contribution in [0.15, 0.2) is 91.0 Å². The molecule has 2 heterocycles. The number of anilines is 1. The van der Waals surface area contributed by atoms with E-state index in [9.17, 15) is 9.59 Å². The number of piperazine rings is 1. The van der Waals surface area contributed by atoms with Crippen molar-refractivity contribution in [2.45, 2.75) is 12.3 Å². The van der Waals surface area contributed by atoms with E-state index in [0.29, 0.717) is 11.1 Å². The molecule has 7 heteroatoms. The zero-order valence-electron chi connectivity index (χ0n) is 20.9. The van der Waals surface area contributed by atoms with Crippen LogP contribution in [0.2, 0.25) is 0 Å². The average molecular weight is 538 g/mol. The predicted molar refractivity (Wildman–Crippen MR) is 159 cm³/mol. The number of amides is 2. The van der Waals surface area contributed by atoms with Gasteiger partial charge in [0, 0.05) is 59.5 Å². The smallest absolute Gasteiger partial charge is 0.261 e. The van der Waals surface area contributed by atoms with E-state index in [1.165, 1.54) is 10.5 Å². The fraction of sp³-hybridized carbons (Fsp3) is 0.194. The van der Waals surface area contributed by atoms with Crippen molar-refractivity contribution in [1.82, 2.24) is 9.80 Å². The molecule has 0 spiro atoms. The summed E-state index contributed by atoms with van der Waals surface area (Å²) in [5, 5.41) is 1.72. The fourth-order valence-electron chi connectivity index (χ4n) is 5.26. The van der Waals surface area contributed by atoms with Gasteiger partial charge in [-0.15, -0.1) is 0 Å². The van der Waals surface area contributed by atoms with Crippen molar-refractivity contribution in [2.75, 3.05) is 31.1 Å². The van der Waals surface area contributed by atoms with Crippen LogP contribution in [0.25, 0.3) is 10.8 Å². The molecular formula is C31H27N3O2S2. The van der Waals surface area contributed by atoms with Crippen LogP contribution in [0.4, 0.5) is 5.69 Å². The molecule has 0 unspecified atom stereocenters. The van der Waals surface area contributed by atoms with Crippen molar-refractivity contribution >= 4 is 56.6 Å². The van der Waals surface area contributed by atoms with Crippen LogP contribution in [0.1, 0.15) is 31.8 Å². The standard InChI is InChI=1S/C31H27N3O2S2/c35-29-25-13-7-12-24-27(15-14-26(28(24)25)30(36)34(29)20-22-8-3-1-4-9-22)32-16-18-33(19-17-32)31(37)38-21-23-10-5-2-6-11-23/h1-15H,16-21H2. The van der Waals surface area contributed by atoms with E-state index in [1.807, 2.05) is 66.7 Å². The minimum absolute atomic E-state index is 0.236. The van der Waals surface area contributed by atoms with Crippen molar-refractivity contribution in [1.29, 1.82) is 0 Å². The molecule has 0 aromatic heterocycles. The number of carbonyl (C=O) groups is 2. The van der Waals surface area contributed by atoms with Gasteiger partial charge in [0.1, 0.15) is 4.32 Å². The van der Waals surface area contributed by atoms with Crippen LogP contribution < -0.4 is 4.90 Å². The topological polar surface area (TPSA) is 43.9 Å². The van der Waals surface area contributed by atoms with Gasteiger partial charge in [0.25, 0.3) is 11.8 Å². The Morgan fingerprint density at radius 3 is 2.03 bits per heavy atom. The summed E-state index contributed by atoms with van der Waals surface area (Å²) in [4.78, 5) is 32.9. The summed E-state index contributed by atoms with van der Waals surface area (Å²) in [6, 6.07) is 29.7. The molecule has 1 saturated heterocycles. The molecule has 1 fully saturated rings. The third kappa shape index (κ3) is 4.68. The van der Waals surface area contributed by atoms with Crippen LogP contribution in [-0.4, -0.2) is 52.1 Å². The van der Waals surface area contributed by atoms with E-state index in [0.717, 1.165) is 58.3 Å². The molecule has 0 saturated carbocycles. The van der Waals surface area contributed by atoms with Gasteiger partial charge in [0.2, 0.25) is 0 Å². The van der Waals surface area contributed by atoms with Crippen molar-refractivity contribution in [3.05, 3.63) is 113 Å². The van der Waals surface area contributed by atoms with E-state index >= 15 is 0 Å². The first kappa shape index (κ1) is 24.6. The second-order valence-corrected chi connectivity index (χ2v) is 11.2. The maximum atomic E-state index is 13.5. The first-order valence-electron chi connectivity index (χ1n) is 12.8. The highest BCUT2D eigenvalue weighted by Crippen LogP contribution is 2.37. The van der Waals surface area contributed by atoms with Gasteiger partial charge >= 0.3 is 0 Å². The molecule has 0 radical (unpaired) electrons. The molecule has 0 atom stereocenters. The van der Waals surface area contributed by atoms with Crippen molar-refractivity contribution in [3.8, 4) is 0 Å². The molecular weight excluding hydrogens is 510 g/mol. The summed E-state index contributed by atoms with van der Waals surface area (Å²) in [5.74, 6) is 0.400. The van der Waals surface area contributed by atoms with Crippen molar-refractivity contribution in [3.63, 3.8) is 0 Å². The SMILES string of the molecule is O=C1c2cccc3c(N4CCN(C(=S)SCc5ccccc5)CC4)ccc(c23)C(=O)N1Cc1ccccc1.